The maximum absolute atomic E-state index is 14.6. The molecule has 2 aliphatic heterocycles. The molecule has 0 aromatic carbocycles. The Hall–Kier alpha value is -1.34. The summed E-state index contributed by atoms with van der Waals surface area (Å²) in [6, 6.07) is 0.226. The van der Waals surface area contributed by atoms with Crippen molar-refractivity contribution >= 4 is 5.91 Å². The van der Waals surface area contributed by atoms with Gasteiger partial charge in [-0.15, -0.1) is 0 Å². The number of ether oxygens (including phenoxy) is 2. The number of nitrogens with zero attached hydrogens (tertiary/aromatic N) is 1. The molecular weight excluding hydrogens is 587 g/mol. The van der Waals surface area contributed by atoms with E-state index in [0.29, 0.717) is 41.9 Å². The number of carbonyl (C=O) groups is 1. The minimum absolute atomic E-state index is 0.137. The molecule has 2 bridgehead atoms. The van der Waals surface area contributed by atoms with Crippen molar-refractivity contribution in [1.82, 2.24) is 4.90 Å². The van der Waals surface area contributed by atoms with Gasteiger partial charge in [-0.1, -0.05) is 58.3 Å². The first-order valence-electron chi connectivity index (χ1n) is 18.7. The Morgan fingerprint density at radius 3 is 2.59 bits per heavy atom. The summed E-state index contributed by atoms with van der Waals surface area (Å²) in [5.41, 5.74) is 0.112. The molecule has 1 amide bonds. The molecule has 3 aliphatic carbocycles. The summed E-state index contributed by atoms with van der Waals surface area (Å²) in [5.74, 6) is 3.10. The highest BCUT2D eigenvalue weighted by molar-refractivity contribution is 5.84. The van der Waals surface area contributed by atoms with E-state index in [1.165, 1.54) is 31.4 Å². The lowest BCUT2D eigenvalue weighted by atomic mass is 9.73. The van der Waals surface area contributed by atoms with E-state index in [4.69, 9.17) is 9.47 Å². The summed E-state index contributed by atoms with van der Waals surface area (Å²) in [6.45, 7) is 12.0. The molecule has 4 nitrogen and oxygen atoms in total. The summed E-state index contributed by atoms with van der Waals surface area (Å²) in [4.78, 5) is 16.9. The van der Waals surface area contributed by atoms with Crippen molar-refractivity contribution in [2.24, 2.45) is 46.3 Å². The van der Waals surface area contributed by atoms with Gasteiger partial charge in [0.15, 0.2) is 0 Å². The quantitative estimate of drug-likeness (QED) is 0.250. The van der Waals surface area contributed by atoms with Crippen LogP contribution in [0.25, 0.3) is 0 Å². The van der Waals surface area contributed by atoms with Gasteiger partial charge in [0.1, 0.15) is 0 Å². The molecule has 0 N–H and O–H groups in total. The Bertz CT molecular complexity index is 1090. The number of fused-ring (bicyclic) bond motifs is 2. The molecular formula is C39H62F3NO3. The maximum atomic E-state index is 14.6. The van der Waals surface area contributed by atoms with E-state index in [1.807, 2.05) is 0 Å². The maximum Gasteiger partial charge on any atom is 0.416 e. The molecule has 0 aromatic heterocycles. The fourth-order valence-electron chi connectivity index (χ4n) is 9.88. The van der Waals surface area contributed by atoms with Gasteiger partial charge in [0, 0.05) is 32.2 Å². The second-order valence-electron chi connectivity index (χ2n) is 17.0. The number of alkyl halides is 3. The number of likely N-dealkylation sites (tertiary alicyclic amines) is 1. The Morgan fingerprint density at radius 2 is 1.85 bits per heavy atom. The minimum atomic E-state index is -4.32. The third-order valence-corrected chi connectivity index (χ3v) is 13.1. The Balaban J connectivity index is 1.22. The molecule has 5 aliphatic rings. The predicted molar refractivity (Wildman–Crippen MR) is 178 cm³/mol. The van der Waals surface area contributed by atoms with Crippen LogP contribution < -0.4 is 0 Å². The first-order valence-corrected chi connectivity index (χ1v) is 18.7. The fourth-order valence-corrected chi connectivity index (χ4v) is 9.88. The van der Waals surface area contributed by atoms with Gasteiger partial charge in [-0.2, -0.15) is 13.2 Å². The van der Waals surface area contributed by atoms with E-state index in [0.717, 1.165) is 103 Å². The Morgan fingerprint density at radius 1 is 1.07 bits per heavy atom. The van der Waals surface area contributed by atoms with Gasteiger partial charge in [-0.25, -0.2) is 0 Å². The average Bonchev–Trinajstić information content (AvgIpc) is 3.62. The molecule has 7 heteroatoms. The van der Waals surface area contributed by atoms with E-state index >= 15 is 0 Å². The highest BCUT2D eigenvalue weighted by Crippen LogP contribution is 2.52. The van der Waals surface area contributed by atoms with E-state index in [-0.39, 0.29) is 22.8 Å². The fraction of sp³-hybridized carbons (Fsp3) is 0.872. The zero-order valence-electron chi connectivity index (χ0n) is 29.4. The SMILES string of the molecule is COCC1COCCC1CCCC1CCC(C(=O)N2CC3CCC(C4=CC(C(F)(F)F)=CCC(C)(C)CC4)CCC2C3)(C(C)C)C1. The van der Waals surface area contributed by atoms with Gasteiger partial charge >= 0.3 is 6.18 Å². The van der Waals surface area contributed by atoms with Gasteiger partial charge in [0.05, 0.1) is 24.2 Å². The van der Waals surface area contributed by atoms with Crippen molar-refractivity contribution < 1.29 is 27.4 Å². The van der Waals surface area contributed by atoms with Crippen LogP contribution in [0.2, 0.25) is 0 Å². The van der Waals surface area contributed by atoms with Crippen LogP contribution in [0.4, 0.5) is 13.2 Å². The average molecular weight is 650 g/mol. The Labute approximate surface area is 277 Å². The van der Waals surface area contributed by atoms with Gasteiger partial charge in [-0.3, -0.25) is 4.79 Å². The van der Waals surface area contributed by atoms with Crippen molar-refractivity contribution in [1.29, 1.82) is 0 Å². The van der Waals surface area contributed by atoms with Crippen molar-refractivity contribution in [3.63, 3.8) is 0 Å². The number of carbonyl (C=O) groups excluding carboxylic acids is 1. The van der Waals surface area contributed by atoms with E-state index in [9.17, 15) is 18.0 Å². The van der Waals surface area contributed by atoms with Gasteiger partial charge < -0.3 is 14.4 Å². The largest absolute Gasteiger partial charge is 0.416 e. The van der Waals surface area contributed by atoms with Crippen molar-refractivity contribution in [3.05, 3.63) is 23.3 Å². The molecule has 0 aromatic rings. The number of hydrogen-bond donors (Lipinski definition) is 0. The lowest BCUT2D eigenvalue weighted by molar-refractivity contribution is -0.146. The molecule has 2 heterocycles. The number of hydrogen-bond acceptors (Lipinski definition) is 3. The second-order valence-corrected chi connectivity index (χ2v) is 17.0. The second kappa shape index (κ2) is 15.0. The summed E-state index contributed by atoms with van der Waals surface area (Å²) >= 11 is 0. The summed E-state index contributed by atoms with van der Waals surface area (Å²) in [7, 11) is 1.78. The lowest BCUT2D eigenvalue weighted by Gasteiger charge is -2.39. The van der Waals surface area contributed by atoms with E-state index < -0.39 is 11.7 Å². The first kappa shape index (κ1) is 36.0. The van der Waals surface area contributed by atoms with Crippen LogP contribution in [0.1, 0.15) is 124 Å². The zero-order valence-corrected chi connectivity index (χ0v) is 29.4. The monoisotopic (exact) mass is 649 g/mol. The lowest BCUT2D eigenvalue weighted by Crippen LogP contribution is -2.48. The molecule has 2 saturated carbocycles. The van der Waals surface area contributed by atoms with E-state index in [1.54, 1.807) is 7.11 Å². The van der Waals surface area contributed by atoms with Crippen LogP contribution in [-0.4, -0.2) is 56.5 Å². The van der Waals surface area contributed by atoms with Crippen LogP contribution in [0.15, 0.2) is 23.3 Å². The number of rotatable bonds is 9. The molecule has 46 heavy (non-hydrogen) atoms. The van der Waals surface area contributed by atoms with Gasteiger partial charge in [-0.05, 0) is 118 Å². The number of allylic oxidation sites excluding steroid dienone is 4. The molecule has 4 fully saturated rings. The van der Waals surface area contributed by atoms with Crippen molar-refractivity contribution in [3.8, 4) is 0 Å². The molecule has 0 radical (unpaired) electrons. The number of amides is 1. The summed E-state index contributed by atoms with van der Waals surface area (Å²) in [5, 5.41) is 0. The molecule has 262 valence electrons. The van der Waals surface area contributed by atoms with Crippen molar-refractivity contribution in [2.75, 3.05) is 33.5 Å². The van der Waals surface area contributed by atoms with Crippen LogP contribution >= 0.6 is 0 Å². The first-order chi connectivity index (χ1) is 21.8. The number of halogens is 3. The van der Waals surface area contributed by atoms with Crippen LogP contribution in [0.5, 0.6) is 0 Å². The standard InChI is InChI=1S/C39H62F3NO3/c1-27(2)38(19-13-28(23-38)7-6-8-30-16-20-46-26-33(30)25-45-5)36(44)43-24-29-9-10-31(11-12-35(43)21-29)32-14-17-37(3,4)18-15-34(22-32)39(40,41)42/h15,22,27-31,33,35H,6-14,16-21,23-26H2,1-5H3. The van der Waals surface area contributed by atoms with Gasteiger partial charge in [0.25, 0.3) is 0 Å². The molecule has 5 rings (SSSR count). The minimum Gasteiger partial charge on any atom is -0.384 e. The summed E-state index contributed by atoms with van der Waals surface area (Å²) < 4.78 is 53.1. The smallest absolute Gasteiger partial charge is 0.384 e. The molecule has 0 spiro atoms. The predicted octanol–water partition coefficient (Wildman–Crippen LogP) is 9.93. The normalized spacial score (nSPS) is 35.6. The Kier molecular flexibility index (Phi) is 11.8. The third-order valence-electron chi connectivity index (χ3n) is 13.1. The highest BCUT2D eigenvalue weighted by atomic mass is 19.4. The number of methoxy groups -OCH3 is 1. The molecule has 2 saturated heterocycles. The zero-order chi connectivity index (χ0) is 33.1. The van der Waals surface area contributed by atoms with Crippen molar-refractivity contribution in [2.45, 2.75) is 136 Å². The van der Waals surface area contributed by atoms with Crippen LogP contribution in [-0.2, 0) is 14.3 Å². The third kappa shape index (κ3) is 8.44. The van der Waals surface area contributed by atoms with Crippen LogP contribution in [0.3, 0.4) is 0 Å². The molecule has 7 unspecified atom stereocenters. The topological polar surface area (TPSA) is 38.8 Å². The van der Waals surface area contributed by atoms with Crippen LogP contribution in [0, 0.1) is 46.3 Å². The van der Waals surface area contributed by atoms with E-state index in [2.05, 4.69) is 32.6 Å². The molecule has 7 atom stereocenters. The van der Waals surface area contributed by atoms with Gasteiger partial charge in [0.2, 0.25) is 5.91 Å². The summed E-state index contributed by atoms with van der Waals surface area (Å²) in [6.07, 6.45) is 13.4. The highest BCUT2D eigenvalue weighted by Gasteiger charge is 2.52.